The number of carbonyl (C=O) groups excluding carboxylic acids is 1. The van der Waals surface area contributed by atoms with E-state index in [4.69, 9.17) is 4.74 Å². The van der Waals surface area contributed by atoms with Crippen LogP contribution in [0.15, 0.2) is 48.5 Å². The number of nitrogens with one attached hydrogen (secondary N) is 1. The lowest BCUT2D eigenvalue weighted by atomic mass is 9.86. The van der Waals surface area contributed by atoms with E-state index < -0.39 is 0 Å². The van der Waals surface area contributed by atoms with Gasteiger partial charge in [-0.15, -0.1) is 0 Å². The van der Waals surface area contributed by atoms with E-state index in [0.29, 0.717) is 18.4 Å². The molecule has 3 rings (SSSR count). The van der Waals surface area contributed by atoms with Crippen molar-refractivity contribution in [3.05, 3.63) is 54.1 Å². The highest BCUT2D eigenvalue weighted by atomic mass is 16.5. The molecule has 3 heteroatoms. The smallest absolute Gasteiger partial charge is 0.132 e. The summed E-state index contributed by atoms with van der Waals surface area (Å²) in [4.78, 5) is 10.8. The molecule has 3 nitrogen and oxygen atoms in total. The molecule has 2 aromatic carbocycles. The molecule has 0 spiro atoms. The van der Waals surface area contributed by atoms with Gasteiger partial charge in [0.25, 0.3) is 0 Å². The van der Waals surface area contributed by atoms with Crippen molar-refractivity contribution in [2.45, 2.75) is 25.8 Å². The second kappa shape index (κ2) is 6.00. The van der Waals surface area contributed by atoms with Crippen molar-refractivity contribution < 1.29 is 9.53 Å². The van der Waals surface area contributed by atoms with Crippen LogP contribution in [0.25, 0.3) is 0 Å². The summed E-state index contributed by atoms with van der Waals surface area (Å²) in [6.07, 6.45) is 2.45. The Kier molecular flexibility index (Phi) is 3.91. The summed E-state index contributed by atoms with van der Waals surface area (Å²) in [5.41, 5.74) is 2.27. The van der Waals surface area contributed by atoms with Crippen LogP contribution in [-0.2, 0) is 11.2 Å². The van der Waals surface area contributed by atoms with Crippen LogP contribution < -0.4 is 10.1 Å². The minimum Gasteiger partial charge on any atom is -0.457 e. The molecule has 108 valence electrons. The highest BCUT2D eigenvalue weighted by molar-refractivity contribution is 5.62. The van der Waals surface area contributed by atoms with E-state index in [1.807, 2.05) is 42.5 Å². The third kappa shape index (κ3) is 2.92. The van der Waals surface area contributed by atoms with Crippen molar-refractivity contribution in [2.75, 3.05) is 5.32 Å². The Morgan fingerprint density at radius 1 is 1.19 bits per heavy atom. The third-order valence-corrected chi connectivity index (χ3v) is 4.06. The predicted octanol–water partition coefficient (Wildman–Crippen LogP) is 4.04. The van der Waals surface area contributed by atoms with E-state index in [2.05, 4.69) is 18.3 Å². The molecule has 0 fully saturated rings. The first-order valence-electron chi connectivity index (χ1n) is 7.33. The van der Waals surface area contributed by atoms with E-state index in [1.165, 1.54) is 0 Å². The average molecular weight is 281 g/mol. The molecular formula is C18H19NO2. The predicted molar refractivity (Wildman–Crippen MR) is 83.9 cm³/mol. The van der Waals surface area contributed by atoms with Crippen molar-refractivity contribution in [2.24, 2.45) is 5.92 Å². The van der Waals surface area contributed by atoms with Gasteiger partial charge in [-0.05, 0) is 43.5 Å². The topological polar surface area (TPSA) is 38.3 Å². The Balaban J connectivity index is 1.90. The maximum atomic E-state index is 10.8. The van der Waals surface area contributed by atoms with Crippen LogP contribution in [0.4, 0.5) is 5.69 Å². The number of ether oxygens (including phenoxy) is 1. The third-order valence-electron chi connectivity index (χ3n) is 4.06. The normalized spacial score (nSPS) is 20.2. The lowest BCUT2D eigenvalue weighted by Gasteiger charge is -2.32. The Hall–Kier alpha value is -2.29. The first-order chi connectivity index (χ1) is 10.3. The second-order valence-corrected chi connectivity index (χ2v) is 5.50. The van der Waals surface area contributed by atoms with Gasteiger partial charge >= 0.3 is 0 Å². The highest BCUT2D eigenvalue weighted by Gasteiger charge is 2.26. The fourth-order valence-corrected chi connectivity index (χ4v) is 2.84. The number of anilines is 1. The molecule has 1 aliphatic rings. The molecule has 0 aliphatic carbocycles. The Labute approximate surface area is 124 Å². The zero-order valence-electron chi connectivity index (χ0n) is 12.1. The number of aldehydes is 1. The van der Waals surface area contributed by atoms with Crippen LogP contribution in [0, 0.1) is 5.92 Å². The number of benzene rings is 2. The van der Waals surface area contributed by atoms with Crippen LogP contribution >= 0.6 is 0 Å². The fraction of sp³-hybridized carbons (Fsp3) is 0.278. The van der Waals surface area contributed by atoms with Crippen LogP contribution in [0.2, 0.25) is 0 Å². The molecule has 1 aliphatic heterocycles. The van der Waals surface area contributed by atoms with Gasteiger partial charge < -0.3 is 14.8 Å². The maximum Gasteiger partial charge on any atom is 0.132 e. The number of para-hydroxylation sites is 1. The van der Waals surface area contributed by atoms with Crippen molar-refractivity contribution in [1.82, 2.24) is 0 Å². The van der Waals surface area contributed by atoms with E-state index in [-0.39, 0.29) is 0 Å². The molecular weight excluding hydrogens is 262 g/mol. The van der Waals surface area contributed by atoms with Gasteiger partial charge in [0, 0.05) is 23.7 Å². The standard InChI is InChI=1S/C18H19NO2/c1-13-14(10-11-20)12-16-17(19-13)8-5-9-18(16)21-15-6-3-2-4-7-15/h2-9,11,13-14,19H,10,12H2,1H3. The number of hydrogen-bond acceptors (Lipinski definition) is 3. The van der Waals surface area contributed by atoms with Crippen LogP contribution in [-0.4, -0.2) is 12.3 Å². The van der Waals surface area contributed by atoms with Crippen LogP contribution in [0.1, 0.15) is 18.9 Å². The first-order valence-corrected chi connectivity index (χ1v) is 7.33. The SMILES string of the molecule is CC1Nc2cccc(Oc3ccccc3)c2CC1CC=O. The lowest BCUT2D eigenvalue weighted by molar-refractivity contribution is -0.108. The maximum absolute atomic E-state index is 10.8. The summed E-state index contributed by atoms with van der Waals surface area (Å²) in [5, 5.41) is 3.48. The molecule has 1 heterocycles. The highest BCUT2D eigenvalue weighted by Crippen LogP contribution is 2.37. The monoisotopic (exact) mass is 281 g/mol. The first kappa shape index (κ1) is 13.7. The summed E-state index contributed by atoms with van der Waals surface area (Å²) < 4.78 is 6.01. The molecule has 21 heavy (non-hydrogen) atoms. The van der Waals surface area contributed by atoms with Crippen molar-refractivity contribution in [1.29, 1.82) is 0 Å². The van der Waals surface area contributed by atoms with Crippen molar-refractivity contribution >= 4 is 12.0 Å². The van der Waals surface area contributed by atoms with Crippen LogP contribution in [0.5, 0.6) is 11.5 Å². The van der Waals surface area contributed by atoms with Crippen LogP contribution in [0.3, 0.4) is 0 Å². The molecule has 2 atom stereocenters. The minimum atomic E-state index is 0.301. The summed E-state index contributed by atoms with van der Waals surface area (Å²) in [5.74, 6) is 2.01. The Morgan fingerprint density at radius 2 is 2.00 bits per heavy atom. The Morgan fingerprint density at radius 3 is 2.76 bits per heavy atom. The van der Waals surface area contributed by atoms with E-state index >= 15 is 0 Å². The molecule has 0 aromatic heterocycles. The quantitative estimate of drug-likeness (QED) is 0.859. The second-order valence-electron chi connectivity index (χ2n) is 5.50. The summed E-state index contributed by atoms with van der Waals surface area (Å²) >= 11 is 0. The van der Waals surface area contributed by atoms with E-state index in [0.717, 1.165) is 35.5 Å². The van der Waals surface area contributed by atoms with Crippen molar-refractivity contribution in [3.63, 3.8) is 0 Å². The average Bonchev–Trinajstić information content (AvgIpc) is 2.50. The largest absolute Gasteiger partial charge is 0.457 e. The summed E-state index contributed by atoms with van der Waals surface area (Å²) in [7, 11) is 0. The molecule has 2 aromatic rings. The molecule has 0 saturated carbocycles. The fourth-order valence-electron chi connectivity index (χ4n) is 2.84. The van der Waals surface area contributed by atoms with Gasteiger partial charge in [-0.25, -0.2) is 0 Å². The van der Waals surface area contributed by atoms with Crippen molar-refractivity contribution in [3.8, 4) is 11.5 Å². The number of hydrogen-bond donors (Lipinski definition) is 1. The Bertz CT molecular complexity index is 624. The van der Waals surface area contributed by atoms with Gasteiger partial charge in [0.05, 0.1) is 0 Å². The molecule has 0 radical (unpaired) electrons. The van der Waals surface area contributed by atoms with Gasteiger partial charge in [0.2, 0.25) is 0 Å². The van der Waals surface area contributed by atoms with Gasteiger partial charge in [-0.2, -0.15) is 0 Å². The van der Waals surface area contributed by atoms with E-state index in [9.17, 15) is 4.79 Å². The summed E-state index contributed by atoms with van der Waals surface area (Å²) in [6.45, 7) is 2.13. The molecule has 0 bridgehead atoms. The molecule has 0 amide bonds. The zero-order chi connectivity index (χ0) is 14.7. The van der Waals surface area contributed by atoms with Gasteiger partial charge in [0.1, 0.15) is 17.8 Å². The van der Waals surface area contributed by atoms with Gasteiger partial charge in [0.15, 0.2) is 0 Å². The van der Waals surface area contributed by atoms with Gasteiger partial charge in [-0.1, -0.05) is 24.3 Å². The lowest BCUT2D eigenvalue weighted by Crippen LogP contribution is -2.32. The minimum absolute atomic E-state index is 0.301. The zero-order valence-corrected chi connectivity index (χ0v) is 12.1. The molecule has 2 unspecified atom stereocenters. The number of fused-ring (bicyclic) bond motifs is 1. The molecule has 0 saturated heterocycles. The number of carbonyl (C=O) groups is 1. The summed E-state index contributed by atoms with van der Waals surface area (Å²) in [6, 6.07) is 16.1. The van der Waals surface area contributed by atoms with Gasteiger partial charge in [-0.3, -0.25) is 0 Å². The molecule has 1 N–H and O–H groups in total. The van der Waals surface area contributed by atoms with E-state index in [1.54, 1.807) is 0 Å². The number of rotatable bonds is 4.